The first-order valence-electron chi connectivity index (χ1n) is 29.0. The van der Waals surface area contributed by atoms with Gasteiger partial charge in [-0.25, -0.2) is 0 Å². The Hall–Kier alpha value is -4.19. The van der Waals surface area contributed by atoms with Gasteiger partial charge in [-0.15, -0.1) is 0 Å². The van der Waals surface area contributed by atoms with E-state index in [9.17, 15) is 14.4 Å². The topological polar surface area (TPSA) is 78.9 Å². The largest absolute Gasteiger partial charge is 0.462 e. The molecule has 0 aromatic heterocycles. The Bertz CT molecular complexity index is 1500. The minimum atomic E-state index is -0.816. The van der Waals surface area contributed by atoms with Crippen LogP contribution < -0.4 is 0 Å². The van der Waals surface area contributed by atoms with E-state index < -0.39 is 6.10 Å². The molecule has 0 radical (unpaired) electrons. The van der Waals surface area contributed by atoms with Crippen LogP contribution >= 0.6 is 0 Å². The number of rotatable bonds is 51. The maximum Gasteiger partial charge on any atom is 0.306 e. The molecule has 0 amide bonds. The summed E-state index contributed by atoms with van der Waals surface area (Å²) in [5.74, 6) is -1.01. The summed E-state index contributed by atoms with van der Waals surface area (Å²) in [4.78, 5) is 38.1. The van der Waals surface area contributed by atoms with Gasteiger partial charge in [-0.2, -0.15) is 0 Å². The van der Waals surface area contributed by atoms with E-state index in [1.165, 1.54) is 103 Å². The van der Waals surface area contributed by atoms with Crippen molar-refractivity contribution in [3.63, 3.8) is 0 Å². The summed E-state index contributed by atoms with van der Waals surface area (Å²) >= 11 is 0. The Morgan fingerprint density at radius 1 is 0.296 bits per heavy atom. The second-order valence-electron chi connectivity index (χ2n) is 18.8. The number of ether oxygens (including phenoxy) is 3. The highest BCUT2D eigenvalue weighted by Crippen LogP contribution is 2.15. The monoisotopic (exact) mass is 983 g/mol. The molecule has 0 bridgehead atoms. The number of carbonyl (C=O) groups is 3. The zero-order chi connectivity index (χ0) is 51.4. The number of unbranched alkanes of at least 4 members (excludes halogenated alkanes) is 20. The Labute approximate surface area is 437 Å². The van der Waals surface area contributed by atoms with Gasteiger partial charge in [0, 0.05) is 19.3 Å². The fourth-order valence-corrected chi connectivity index (χ4v) is 7.65. The lowest BCUT2D eigenvalue weighted by atomic mass is 10.1. The standard InChI is InChI=1S/C65H106O6/c1-4-7-10-13-16-19-22-25-27-29-31-32-34-35-37-40-43-46-49-52-55-58-64(67)70-61-62(60-69-63(66)57-54-51-48-45-42-39-24-21-18-15-12-9-6-3)71-65(68)59-56-53-50-47-44-41-38-36-33-30-28-26-23-20-17-14-11-8-5-2/h7,9-10,12,16-21,25-28,31-32,39,42,48,51,62H,4-6,8,11,13-15,22-24,29-30,33-38,40-41,43-47,49-50,52-61H2,1-3H3/b10-7-,12-9-,19-16-,20-17-,21-18-,27-25-,28-26-,32-31-,42-39-,51-48-. The molecule has 1 unspecified atom stereocenters. The molecule has 0 saturated heterocycles. The van der Waals surface area contributed by atoms with E-state index in [0.29, 0.717) is 19.3 Å². The molecule has 0 aromatic rings. The maximum atomic E-state index is 12.9. The van der Waals surface area contributed by atoms with Gasteiger partial charge < -0.3 is 14.2 Å². The molecule has 0 fully saturated rings. The molecule has 0 N–H and O–H groups in total. The van der Waals surface area contributed by atoms with Crippen molar-refractivity contribution in [3.8, 4) is 0 Å². The molecule has 6 nitrogen and oxygen atoms in total. The third-order valence-electron chi connectivity index (χ3n) is 11.9. The molecule has 402 valence electrons. The van der Waals surface area contributed by atoms with E-state index in [2.05, 4.69) is 136 Å². The van der Waals surface area contributed by atoms with Crippen LogP contribution in [0.15, 0.2) is 122 Å². The van der Waals surface area contributed by atoms with Crippen molar-refractivity contribution in [2.45, 2.75) is 258 Å². The summed E-state index contributed by atoms with van der Waals surface area (Å²) in [6.45, 7) is 6.31. The first kappa shape index (κ1) is 66.8. The van der Waals surface area contributed by atoms with Crippen molar-refractivity contribution in [1.29, 1.82) is 0 Å². The second-order valence-corrected chi connectivity index (χ2v) is 18.8. The Kier molecular flexibility index (Phi) is 54.9. The van der Waals surface area contributed by atoms with Crippen LogP contribution in [0.25, 0.3) is 0 Å². The van der Waals surface area contributed by atoms with Gasteiger partial charge in [-0.3, -0.25) is 14.4 Å². The summed E-state index contributed by atoms with van der Waals surface area (Å²) in [6.07, 6.45) is 80.6. The van der Waals surface area contributed by atoms with E-state index >= 15 is 0 Å². The molecular weight excluding hydrogens is 877 g/mol. The van der Waals surface area contributed by atoms with E-state index in [1.54, 1.807) is 0 Å². The average Bonchev–Trinajstić information content (AvgIpc) is 3.37. The summed E-state index contributed by atoms with van der Waals surface area (Å²) in [5, 5.41) is 0. The smallest absolute Gasteiger partial charge is 0.306 e. The van der Waals surface area contributed by atoms with Gasteiger partial charge in [-0.1, -0.05) is 239 Å². The minimum Gasteiger partial charge on any atom is -0.462 e. The van der Waals surface area contributed by atoms with Gasteiger partial charge in [0.2, 0.25) is 0 Å². The summed E-state index contributed by atoms with van der Waals surface area (Å²) in [7, 11) is 0. The second kappa shape index (κ2) is 58.4. The van der Waals surface area contributed by atoms with Crippen LogP contribution in [0.1, 0.15) is 252 Å². The van der Waals surface area contributed by atoms with Crippen molar-refractivity contribution in [2.75, 3.05) is 13.2 Å². The molecule has 1 atom stereocenters. The number of esters is 3. The zero-order valence-corrected chi connectivity index (χ0v) is 45.9. The van der Waals surface area contributed by atoms with Gasteiger partial charge in [0.15, 0.2) is 6.10 Å². The number of hydrogen-bond donors (Lipinski definition) is 0. The van der Waals surface area contributed by atoms with Crippen molar-refractivity contribution in [3.05, 3.63) is 122 Å². The zero-order valence-electron chi connectivity index (χ0n) is 45.9. The fourth-order valence-electron chi connectivity index (χ4n) is 7.65. The molecule has 0 heterocycles. The Morgan fingerprint density at radius 2 is 0.577 bits per heavy atom. The number of carbonyl (C=O) groups excluding carboxylic acids is 3. The Morgan fingerprint density at radius 3 is 0.944 bits per heavy atom. The molecule has 0 saturated carbocycles. The third-order valence-corrected chi connectivity index (χ3v) is 11.9. The summed E-state index contributed by atoms with van der Waals surface area (Å²) in [6, 6.07) is 0. The molecule has 0 aromatic carbocycles. The predicted octanol–water partition coefficient (Wildman–Crippen LogP) is 19.6. The Balaban J connectivity index is 4.44. The minimum absolute atomic E-state index is 0.109. The van der Waals surface area contributed by atoms with Crippen molar-refractivity contribution >= 4 is 17.9 Å². The van der Waals surface area contributed by atoms with Crippen molar-refractivity contribution < 1.29 is 28.6 Å². The predicted molar refractivity (Wildman–Crippen MR) is 306 cm³/mol. The molecule has 0 rings (SSSR count). The fraction of sp³-hybridized carbons (Fsp3) is 0.646. The van der Waals surface area contributed by atoms with Crippen LogP contribution in [0.4, 0.5) is 0 Å². The lowest BCUT2D eigenvalue weighted by Gasteiger charge is -2.18. The highest BCUT2D eigenvalue weighted by Gasteiger charge is 2.19. The SMILES string of the molecule is CC/C=C\C/C=C\C/C=C\C/C=C\CCCCCCCCCCC(=O)OCC(COC(=O)CC/C=C\C/C=C\C/C=C\C/C=C\CC)OC(=O)CCCCCCCCCCC/C=C\C/C=C\CCCCC. The first-order chi connectivity index (χ1) is 35.0. The van der Waals surface area contributed by atoms with E-state index in [4.69, 9.17) is 14.2 Å². The van der Waals surface area contributed by atoms with Gasteiger partial charge >= 0.3 is 17.9 Å². The van der Waals surface area contributed by atoms with E-state index in [-0.39, 0.29) is 37.5 Å². The van der Waals surface area contributed by atoms with Crippen LogP contribution in [0.3, 0.4) is 0 Å². The molecule has 0 spiro atoms. The highest BCUT2D eigenvalue weighted by molar-refractivity contribution is 5.71. The van der Waals surface area contributed by atoms with Crippen LogP contribution in [-0.2, 0) is 28.6 Å². The maximum absolute atomic E-state index is 12.9. The van der Waals surface area contributed by atoms with Crippen molar-refractivity contribution in [1.82, 2.24) is 0 Å². The molecule has 6 heteroatoms. The van der Waals surface area contributed by atoms with E-state index in [1.807, 2.05) is 6.08 Å². The van der Waals surface area contributed by atoms with Gasteiger partial charge in [0.1, 0.15) is 13.2 Å². The molecule has 0 aliphatic rings. The molecular formula is C65H106O6. The first-order valence-corrected chi connectivity index (χ1v) is 29.0. The van der Waals surface area contributed by atoms with E-state index in [0.717, 1.165) is 103 Å². The normalized spacial score (nSPS) is 13.0. The number of allylic oxidation sites excluding steroid dienone is 20. The van der Waals surface area contributed by atoms with Gasteiger partial charge in [-0.05, 0) is 116 Å². The molecule has 0 aliphatic carbocycles. The molecule has 0 aliphatic heterocycles. The van der Waals surface area contributed by atoms with Crippen LogP contribution in [0.5, 0.6) is 0 Å². The molecule has 71 heavy (non-hydrogen) atoms. The number of hydrogen-bond acceptors (Lipinski definition) is 6. The third kappa shape index (κ3) is 56.6. The van der Waals surface area contributed by atoms with Crippen LogP contribution in [0.2, 0.25) is 0 Å². The summed E-state index contributed by atoms with van der Waals surface area (Å²) in [5.41, 5.74) is 0. The quantitative estimate of drug-likeness (QED) is 0.0261. The summed E-state index contributed by atoms with van der Waals surface area (Å²) < 4.78 is 16.8. The average molecular weight is 984 g/mol. The van der Waals surface area contributed by atoms with Crippen molar-refractivity contribution in [2.24, 2.45) is 0 Å². The lowest BCUT2D eigenvalue weighted by molar-refractivity contribution is -0.166. The highest BCUT2D eigenvalue weighted by atomic mass is 16.6. The van der Waals surface area contributed by atoms with Gasteiger partial charge in [0.05, 0.1) is 0 Å². The van der Waals surface area contributed by atoms with Crippen LogP contribution in [0, 0.1) is 0 Å². The van der Waals surface area contributed by atoms with Crippen LogP contribution in [-0.4, -0.2) is 37.2 Å². The lowest BCUT2D eigenvalue weighted by Crippen LogP contribution is -2.30. The van der Waals surface area contributed by atoms with Gasteiger partial charge in [0.25, 0.3) is 0 Å².